The summed E-state index contributed by atoms with van der Waals surface area (Å²) in [6.45, 7) is 5.49. The molecule has 0 aromatic carbocycles. The predicted octanol–water partition coefficient (Wildman–Crippen LogP) is 4.12. The molecule has 0 saturated carbocycles. The van der Waals surface area contributed by atoms with E-state index in [1.54, 1.807) is 6.07 Å². The number of hydrogen-bond donors (Lipinski definition) is 0. The van der Waals surface area contributed by atoms with Gasteiger partial charge in [0, 0.05) is 4.47 Å². The molecule has 0 aliphatic rings. The Hall–Kier alpha value is -0.0600. The van der Waals surface area contributed by atoms with Crippen molar-refractivity contribution < 1.29 is 9.53 Å². The molecule has 1 heterocycles. The molecule has 14 heavy (non-hydrogen) atoms. The molecule has 2 nitrogen and oxygen atoms in total. The van der Waals surface area contributed by atoms with Gasteiger partial charge in [0.2, 0.25) is 0 Å². The molecular weight excluding hydrogens is 288 g/mol. The van der Waals surface area contributed by atoms with Gasteiger partial charge in [-0.1, -0.05) is 11.6 Å². The molecule has 0 radical (unpaired) electrons. The first-order valence-electron chi connectivity index (χ1n) is 3.98. The Morgan fingerprint density at radius 3 is 2.50 bits per heavy atom. The fraction of sp³-hybridized carbons (Fsp3) is 0.444. The number of carbonyl (C=O) groups is 1. The lowest BCUT2D eigenvalue weighted by Crippen LogP contribution is -2.23. The first-order chi connectivity index (χ1) is 6.29. The highest BCUT2D eigenvalue weighted by molar-refractivity contribution is 9.10. The number of hydrogen-bond acceptors (Lipinski definition) is 3. The Bertz CT molecular complexity index is 335. The van der Waals surface area contributed by atoms with Gasteiger partial charge in [-0.15, -0.1) is 11.3 Å². The molecule has 5 heteroatoms. The van der Waals surface area contributed by atoms with Gasteiger partial charge in [0.25, 0.3) is 0 Å². The van der Waals surface area contributed by atoms with Crippen molar-refractivity contribution in [1.29, 1.82) is 0 Å². The van der Waals surface area contributed by atoms with Gasteiger partial charge in [-0.05, 0) is 42.8 Å². The van der Waals surface area contributed by atoms with Gasteiger partial charge in [-0.2, -0.15) is 0 Å². The van der Waals surface area contributed by atoms with E-state index in [1.807, 2.05) is 20.8 Å². The Labute approximate surface area is 100 Å². The van der Waals surface area contributed by atoms with Crippen LogP contribution in [0.25, 0.3) is 0 Å². The van der Waals surface area contributed by atoms with E-state index in [0.717, 1.165) is 4.47 Å². The number of ether oxygens (including phenoxy) is 1. The van der Waals surface area contributed by atoms with Crippen LogP contribution in [0, 0.1) is 0 Å². The summed E-state index contributed by atoms with van der Waals surface area (Å²) in [5, 5.41) is 0. The average molecular weight is 298 g/mol. The Morgan fingerprint density at radius 2 is 2.14 bits per heavy atom. The Morgan fingerprint density at radius 1 is 1.57 bits per heavy atom. The number of thiophene rings is 1. The second kappa shape index (κ2) is 4.21. The molecule has 0 fully saturated rings. The summed E-state index contributed by atoms with van der Waals surface area (Å²) in [5.41, 5.74) is -0.472. The summed E-state index contributed by atoms with van der Waals surface area (Å²) in [7, 11) is 0. The SMILES string of the molecule is CC(C)(C)OC(=O)c1cc(Br)c(Cl)s1. The van der Waals surface area contributed by atoms with Crippen molar-refractivity contribution in [2.75, 3.05) is 0 Å². The molecule has 0 amide bonds. The average Bonchev–Trinajstić information content (AvgIpc) is 2.28. The summed E-state index contributed by atoms with van der Waals surface area (Å²) >= 11 is 10.3. The van der Waals surface area contributed by atoms with Crippen LogP contribution in [0.3, 0.4) is 0 Å². The highest BCUT2D eigenvalue weighted by atomic mass is 79.9. The van der Waals surface area contributed by atoms with E-state index in [1.165, 1.54) is 11.3 Å². The maximum Gasteiger partial charge on any atom is 0.348 e. The van der Waals surface area contributed by atoms with Gasteiger partial charge in [-0.3, -0.25) is 0 Å². The lowest BCUT2D eigenvalue weighted by molar-refractivity contribution is 0.00752. The van der Waals surface area contributed by atoms with Crippen molar-refractivity contribution in [3.63, 3.8) is 0 Å². The third kappa shape index (κ3) is 3.26. The van der Waals surface area contributed by atoms with E-state index in [-0.39, 0.29) is 5.97 Å². The molecule has 0 aliphatic carbocycles. The summed E-state index contributed by atoms with van der Waals surface area (Å²) < 4.78 is 6.47. The summed E-state index contributed by atoms with van der Waals surface area (Å²) in [5.74, 6) is -0.338. The van der Waals surface area contributed by atoms with Crippen LogP contribution >= 0.6 is 38.9 Å². The lowest BCUT2D eigenvalue weighted by Gasteiger charge is -2.18. The van der Waals surface area contributed by atoms with E-state index in [0.29, 0.717) is 9.21 Å². The second-order valence-electron chi connectivity index (χ2n) is 3.73. The fourth-order valence-electron chi connectivity index (χ4n) is 0.776. The molecular formula is C9H10BrClO2S. The van der Waals surface area contributed by atoms with Gasteiger partial charge in [0.05, 0.1) is 0 Å². The quantitative estimate of drug-likeness (QED) is 0.729. The normalized spacial score (nSPS) is 11.5. The minimum absolute atomic E-state index is 0.338. The van der Waals surface area contributed by atoms with Crippen molar-refractivity contribution in [2.24, 2.45) is 0 Å². The number of rotatable bonds is 1. The maximum absolute atomic E-state index is 11.5. The molecule has 0 bridgehead atoms. The zero-order valence-corrected chi connectivity index (χ0v) is 11.2. The highest BCUT2D eigenvalue weighted by Crippen LogP contribution is 2.32. The van der Waals surface area contributed by atoms with Crippen LogP contribution < -0.4 is 0 Å². The van der Waals surface area contributed by atoms with E-state index < -0.39 is 5.60 Å². The third-order valence-corrected chi connectivity index (χ3v) is 3.70. The molecule has 0 atom stereocenters. The molecule has 0 spiro atoms. The van der Waals surface area contributed by atoms with Gasteiger partial charge >= 0.3 is 5.97 Å². The van der Waals surface area contributed by atoms with Crippen LogP contribution in [-0.2, 0) is 4.74 Å². The second-order valence-corrected chi connectivity index (χ2v) is 6.24. The standard InChI is InChI=1S/C9H10BrClO2S/c1-9(2,3)13-8(12)6-4-5(10)7(11)14-6/h4H,1-3H3. The molecule has 1 aromatic rings. The molecule has 0 saturated heterocycles. The number of carbonyl (C=O) groups excluding carboxylic acids is 1. The van der Waals surface area contributed by atoms with Gasteiger partial charge in [0.15, 0.2) is 0 Å². The summed E-state index contributed by atoms with van der Waals surface area (Å²) in [6.07, 6.45) is 0. The molecule has 1 rings (SSSR count). The predicted molar refractivity (Wildman–Crippen MR) is 62.2 cm³/mol. The highest BCUT2D eigenvalue weighted by Gasteiger charge is 2.20. The fourth-order valence-corrected chi connectivity index (χ4v) is 2.35. The summed E-state index contributed by atoms with van der Waals surface area (Å²) in [4.78, 5) is 12.0. The van der Waals surface area contributed by atoms with Gasteiger partial charge in [0.1, 0.15) is 14.8 Å². The van der Waals surface area contributed by atoms with E-state index >= 15 is 0 Å². The smallest absolute Gasteiger partial charge is 0.348 e. The third-order valence-electron chi connectivity index (χ3n) is 1.25. The number of halogens is 2. The van der Waals surface area contributed by atoms with Crippen molar-refractivity contribution in [3.05, 3.63) is 19.8 Å². The summed E-state index contributed by atoms with van der Waals surface area (Å²) in [6, 6.07) is 1.67. The van der Waals surface area contributed by atoms with Crippen molar-refractivity contribution >= 4 is 44.8 Å². The van der Waals surface area contributed by atoms with E-state index in [4.69, 9.17) is 16.3 Å². The monoisotopic (exact) mass is 296 g/mol. The minimum Gasteiger partial charge on any atom is -0.456 e. The zero-order valence-electron chi connectivity index (χ0n) is 8.06. The van der Waals surface area contributed by atoms with E-state index in [2.05, 4.69) is 15.9 Å². The molecule has 1 aromatic heterocycles. The minimum atomic E-state index is -0.472. The Kier molecular flexibility index (Phi) is 3.61. The van der Waals surface area contributed by atoms with E-state index in [9.17, 15) is 4.79 Å². The lowest BCUT2D eigenvalue weighted by atomic mass is 10.2. The van der Waals surface area contributed by atoms with Crippen LogP contribution in [-0.4, -0.2) is 11.6 Å². The zero-order chi connectivity index (χ0) is 10.9. The van der Waals surface area contributed by atoms with Crippen LogP contribution in [0.1, 0.15) is 30.4 Å². The number of esters is 1. The van der Waals surface area contributed by atoms with Crippen LogP contribution in [0.5, 0.6) is 0 Å². The van der Waals surface area contributed by atoms with Crippen molar-refractivity contribution in [1.82, 2.24) is 0 Å². The van der Waals surface area contributed by atoms with Crippen LogP contribution in [0.2, 0.25) is 4.34 Å². The molecule has 0 aliphatic heterocycles. The van der Waals surface area contributed by atoms with Crippen molar-refractivity contribution in [3.8, 4) is 0 Å². The first-order valence-corrected chi connectivity index (χ1v) is 5.96. The van der Waals surface area contributed by atoms with Crippen molar-refractivity contribution in [2.45, 2.75) is 26.4 Å². The molecule has 78 valence electrons. The van der Waals surface area contributed by atoms with Gasteiger partial charge < -0.3 is 4.74 Å². The van der Waals surface area contributed by atoms with Crippen LogP contribution in [0.15, 0.2) is 10.5 Å². The first kappa shape index (κ1) is 12.0. The molecule has 0 unspecified atom stereocenters. The maximum atomic E-state index is 11.5. The van der Waals surface area contributed by atoms with Crippen LogP contribution in [0.4, 0.5) is 0 Å². The van der Waals surface area contributed by atoms with Gasteiger partial charge in [-0.25, -0.2) is 4.79 Å². The molecule has 0 N–H and O–H groups in total. The Balaban J connectivity index is 2.80. The topological polar surface area (TPSA) is 26.3 Å². The largest absolute Gasteiger partial charge is 0.456 e.